The summed E-state index contributed by atoms with van der Waals surface area (Å²) in [5, 5.41) is 16.9. The van der Waals surface area contributed by atoms with Crippen LogP contribution in [0.3, 0.4) is 0 Å². The average molecular weight is 423 g/mol. The summed E-state index contributed by atoms with van der Waals surface area (Å²) < 4.78 is 0. The summed E-state index contributed by atoms with van der Waals surface area (Å²) in [5.74, 6) is -1.49. The molecule has 0 radical (unpaired) electrons. The van der Waals surface area contributed by atoms with Crippen molar-refractivity contribution in [2.45, 2.75) is 19.8 Å². The molecule has 1 heterocycles. The molecule has 30 heavy (non-hydrogen) atoms. The van der Waals surface area contributed by atoms with E-state index in [9.17, 15) is 14.4 Å². The van der Waals surface area contributed by atoms with Crippen LogP contribution in [0.1, 0.15) is 27.3 Å². The first kappa shape index (κ1) is 21.2. The summed E-state index contributed by atoms with van der Waals surface area (Å²) in [4.78, 5) is 39.2. The second kappa shape index (κ2) is 9.80. The van der Waals surface area contributed by atoms with Crippen LogP contribution >= 0.6 is 11.3 Å². The lowest BCUT2D eigenvalue weighted by atomic mass is 10.1. The maximum atomic E-state index is 12.3. The summed E-state index contributed by atoms with van der Waals surface area (Å²) in [6.45, 7) is 2.03. The highest BCUT2D eigenvalue weighted by Gasteiger charge is 2.09. The van der Waals surface area contributed by atoms with Crippen molar-refractivity contribution in [1.82, 2.24) is 10.3 Å². The van der Waals surface area contributed by atoms with Crippen molar-refractivity contribution in [3.63, 3.8) is 0 Å². The van der Waals surface area contributed by atoms with Crippen LogP contribution in [-0.4, -0.2) is 34.4 Å². The fourth-order valence-corrected chi connectivity index (χ4v) is 3.39. The fraction of sp³-hybridized carbons (Fsp3) is 0.182. The number of carbonyl (C=O) groups is 3. The number of aliphatic carboxylic acids is 1. The Labute approximate surface area is 177 Å². The normalized spacial score (nSPS) is 10.4. The van der Waals surface area contributed by atoms with E-state index in [2.05, 4.69) is 15.6 Å². The molecular weight excluding hydrogens is 402 g/mol. The quantitative estimate of drug-likeness (QED) is 0.514. The Balaban J connectivity index is 1.52. The van der Waals surface area contributed by atoms with Gasteiger partial charge in [-0.3, -0.25) is 14.4 Å². The molecule has 3 aromatic rings. The van der Waals surface area contributed by atoms with Crippen LogP contribution < -0.4 is 10.6 Å². The van der Waals surface area contributed by atoms with E-state index in [1.165, 1.54) is 0 Å². The first-order valence-electron chi connectivity index (χ1n) is 9.32. The van der Waals surface area contributed by atoms with Gasteiger partial charge in [-0.2, -0.15) is 0 Å². The van der Waals surface area contributed by atoms with Gasteiger partial charge in [0.25, 0.3) is 5.91 Å². The number of aromatic nitrogens is 1. The smallest absolute Gasteiger partial charge is 0.305 e. The van der Waals surface area contributed by atoms with Gasteiger partial charge in [-0.15, -0.1) is 11.3 Å². The first-order chi connectivity index (χ1) is 14.4. The third-order valence-corrected chi connectivity index (χ3v) is 5.06. The largest absolute Gasteiger partial charge is 0.481 e. The average Bonchev–Trinajstić information content (AvgIpc) is 3.15. The van der Waals surface area contributed by atoms with Crippen molar-refractivity contribution < 1.29 is 19.5 Å². The lowest BCUT2D eigenvalue weighted by Gasteiger charge is -2.08. The Morgan fingerprint density at radius 3 is 2.33 bits per heavy atom. The van der Waals surface area contributed by atoms with Gasteiger partial charge in [-0.25, -0.2) is 4.98 Å². The third kappa shape index (κ3) is 5.99. The Bertz CT molecular complexity index is 1040. The molecule has 8 heteroatoms. The lowest BCUT2D eigenvalue weighted by molar-refractivity contribution is -0.136. The lowest BCUT2D eigenvalue weighted by Crippen LogP contribution is -2.25. The number of anilines is 1. The summed E-state index contributed by atoms with van der Waals surface area (Å²) in [7, 11) is 0. The first-order valence-corrected chi connectivity index (χ1v) is 10.2. The fourth-order valence-electron chi connectivity index (χ4n) is 2.77. The predicted octanol–water partition coefficient (Wildman–Crippen LogP) is 3.50. The number of amides is 2. The zero-order chi connectivity index (χ0) is 21.5. The highest BCUT2D eigenvalue weighted by molar-refractivity contribution is 7.09. The molecule has 0 saturated heterocycles. The molecule has 2 amide bonds. The number of nitrogens with one attached hydrogen (secondary N) is 2. The van der Waals surface area contributed by atoms with E-state index in [1.807, 2.05) is 36.6 Å². The topological polar surface area (TPSA) is 108 Å². The number of aryl methyl sites for hydroxylation is 1. The number of nitrogens with zero attached hydrogens (tertiary/aromatic N) is 1. The van der Waals surface area contributed by atoms with Crippen molar-refractivity contribution in [1.29, 1.82) is 0 Å². The predicted molar refractivity (Wildman–Crippen MR) is 116 cm³/mol. The van der Waals surface area contributed by atoms with E-state index in [4.69, 9.17) is 5.11 Å². The van der Waals surface area contributed by atoms with E-state index < -0.39 is 5.97 Å². The molecule has 154 valence electrons. The second-order valence-corrected chi connectivity index (χ2v) is 7.71. The second-order valence-electron chi connectivity index (χ2n) is 6.65. The Morgan fingerprint density at radius 1 is 1.03 bits per heavy atom. The van der Waals surface area contributed by atoms with Gasteiger partial charge >= 0.3 is 5.97 Å². The minimum atomic E-state index is -0.971. The monoisotopic (exact) mass is 423 g/mol. The molecule has 0 aliphatic carbocycles. The molecule has 0 bridgehead atoms. The summed E-state index contributed by atoms with van der Waals surface area (Å²) in [5.41, 5.74) is 3.81. The van der Waals surface area contributed by atoms with Crippen molar-refractivity contribution in [3.05, 3.63) is 70.0 Å². The molecule has 0 unspecified atom stereocenters. The van der Waals surface area contributed by atoms with Crippen LogP contribution in [-0.2, 0) is 16.0 Å². The third-order valence-electron chi connectivity index (χ3n) is 4.29. The molecule has 3 rings (SSSR count). The van der Waals surface area contributed by atoms with Crippen LogP contribution in [0.5, 0.6) is 0 Å². The molecule has 0 fully saturated rings. The number of carboxylic acid groups (broad SMARTS) is 1. The Kier molecular flexibility index (Phi) is 6.92. The van der Waals surface area contributed by atoms with Gasteiger partial charge in [0.1, 0.15) is 0 Å². The van der Waals surface area contributed by atoms with Crippen LogP contribution in [0.2, 0.25) is 0 Å². The number of carbonyl (C=O) groups excluding carboxylic acids is 2. The van der Waals surface area contributed by atoms with Crippen molar-refractivity contribution in [2.75, 3.05) is 11.9 Å². The molecule has 0 saturated carbocycles. The van der Waals surface area contributed by atoms with E-state index in [0.717, 1.165) is 21.8 Å². The van der Waals surface area contributed by atoms with Gasteiger partial charge in [0.2, 0.25) is 5.91 Å². The zero-order valence-corrected chi connectivity index (χ0v) is 17.2. The maximum Gasteiger partial charge on any atom is 0.305 e. The van der Waals surface area contributed by atoms with E-state index in [0.29, 0.717) is 11.3 Å². The molecule has 1 aromatic heterocycles. The van der Waals surface area contributed by atoms with Gasteiger partial charge in [-0.05, 0) is 36.8 Å². The Morgan fingerprint density at radius 2 is 1.73 bits per heavy atom. The summed E-state index contributed by atoms with van der Waals surface area (Å²) >= 11 is 1.60. The molecule has 0 aliphatic rings. The van der Waals surface area contributed by atoms with Crippen LogP contribution in [0, 0.1) is 6.92 Å². The number of rotatable bonds is 8. The minimum absolute atomic E-state index is 0.0630. The SMILES string of the molecule is Cc1nc(-c2ccc(CC(=O)Nc3ccc(C(=O)NCCC(=O)O)cc3)cc2)cs1. The molecule has 3 N–H and O–H groups in total. The van der Waals surface area contributed by atoms with Gasteiger partial charge in [0, 0.05) is 28.7 Å². The number of benzene rings is 2. The van der Waals surface area contributed by atoms with E-state index >= 15 is 0 Å². The highest BCUT2D eigenvalue weighted by atomic mass is 32.1. The molecule has 0 spiro atoms. The van der Waals surface area contributed by atoms with Crippen LogP contribution in [0.15, 0.2) is 53.9 Å². The highest BCUT2D eigenvalue weighted by Crippen LogP contribution is 2.22. The van der Waals surface area contributed by atoms with Crippen molar-refractivity contribution >= 4 is 34.8 Å². The molecule has 0 atom stereocenters. The zero-order valence-electron chi connectivity index (χ0n) is 16.3. The summed E-state index contributed by atoms with van der Waals surface area (Å²) in [6.07, 6.45) is 0.0953. The van der Waals surface area contributed by atoms with Crippen LogP contribution in [0.25, 0.3) is 11.3 Å². The molecule has 2 aromatic carbocycles. The van der Waals surface area contributed by atoms with Crippen molar-refractivity contribution in [3.8, 4) is 11.3 Å². The van der Waals surface area contributed by atoms with Gasteiger partial charge in [0.05, 0.1) is 23.5 Å². The molecule has 0 aliphatic heterocycles. The standard InChI is InChI=1S/C22H21N3O4S/c1-14-24-19(13-30-14)16-4-2-15(3-5-16)12-20(26)25-18-8-6-17(7-9-18)22(29)23-11-10-21(27)28/h2-9,13H,10-12H2,1H3,(H,23,29)(H,25,26)(H,27,28). The van der Waals surface area contributed by atoms with Gasteiger partial charge < -0.3 is 15.7 Å². The summed E-state index contributed by atoms with van der Waals surface area (Å²) in [6, 6.07) is 14.2. The molecule has 7 nitrogen and oxygen atoms in total. The maximum absolute atomic E-state index is 12.3. The number of carboxylic acids is 1. The van der Waals surface area contributed by atoms with Crippen LogP contribution in [0.4, 0.5) is 5.69 Å². The van der Waals surface area contributed by atoms with E-state index in [-0.39, 0.29) is 31.2 Å². The number of thiazole rings is 1. The van der Waals surface area contributed by atoms with Crippen molar-refractivity contribution in [2.24, 2.45) is 0 Å². The van der Waals surface area contributed by atoms with Gasteiger partial charge in [-0.1, -0.05) is 24.3 Å². The minimum Gasteiger partial charge on any atom is -0.481 e. The Hall–Kier alpha value is -3.52. The number of hydrogen-bond acceptors (Lipinski definition) is 5. The molecular formula is C22H21N3O4S. The number of hydrogen-bond donors (Lipinski definition) is 3. The van der Waals surface area contributed by atoms with E-state index in [1.54, 1.807) is 35.6 Å². The van der Waals surface area contributed by atoms with Gasteiger partial charge in [0.15, 0.2) is 0 Å².